The van der Waals surface area contributed by atoms with Crippen LogP contribution in [0.25, 0.3) is 0 Å². The van der Waals surface area contributed by atoms with Crippen LogP contribution in [0.3, 0.4) is 0 Å². The van der Waals surface area contributed by atoms with Crippen molar-refractivity contribution >= 4 is 17.7 Å². The van der Waals surface area contributed by atoms with E-state index in [0.29, 0.717) is 0 Å². The van der Waals surface area contributed by atoms with Crippen molar-refractivity contribution in [3.05, 3.63) is 41.7 Å². The zero-order chi connectivity index (χ0) is 19.3. The van der Waals surface area contributed by atoms with Gasteiger partial charge in [0.25, 0.3) is 0 Å². The molecule has 28 heavy (non-hydrogen) atoms. The SMILES string of the molecule is Cn1c(SCC2CCCCC2)nnc1C(Cc1ccccc1)NC(=O)C1CC1. The molecule has 0 spiro atoms. The normalized spacial score (nSPS) is 18.8. The molecule has 1 unspecified atom stereocenters. The average Bonchev–Trinajstić information content (AvgIpc) is 3.51. The lowest BCUT2D eigenvalue weighted by molar-refractivity contribution is -0.123. The van der Waals surface area contributed by atoms with Crippen LogP contribution in [0.15, 0.2) is 35.5 Å². The number of aromatic nitrogens is 3. The number of nitrogens with one attached hydrogen (secondary N) is 1. The van der Waals surface area contributed by atoms with Gasteiger partial charge in [-0.3, -0.25) is 4.79 Å². The van der Waals surface area contributed by atoms with Gasteiger partial charge in [-0.25, -0.2) is 0 Å². The second-order valence-corrected chi connectivity index (χ2v) is 9.23. The highest BCUT2D eigenvalue weighted by Crippen LogP contribution is 2.32. The third kappa shape index (κ3) is 4.96. The third-order valence-corrected chi connectivity index (χ3v) is 7.15. The van der Waals surface area contributed by atoms with Gasteiger partial charge in [-0.05, 0) is 43.6 Å². The fraction of sp³-hybridized carbons (Fsp3) is 0.591. The van der Waals surface area contributed by atoms with Crippen molar-refractivity contribution in [1.82, 2.24) is 20.1 Å². The molecule has 1 aromatic carbocycles. The van der Waals surface area contributed by atoms with Crippen LogP contribution >= 0.6 is 11.8 Å². The predicted molar refractivity (Wildman–Crippen MR) is 112 cm³/mol. The minimum absolute atomic E-state index is 0.142. The Labute approximate surface area is 171 Å². The summed E-state index contributed by atoms with van der Waals surface area (Å²) in [6.07, 6.45) is 9.53. The first-order valence-corrected chi connectivity index (χ1v) is 11.6. The van der Waals surface area contributed by atoms with E-state index in [-0.39, 0.29) is 17.9 Å². The molecule has 1 amide bonds. The van der Waals surface area contributed by atoms with Crippen LogP contribution in [0.1, 0.15) is 62.4 Å². The molecule has 2 aromatic rings. The molecule has 6 heteroatoms. The van der Waals surface area contributed by atoms with Crippen molar-refractivity contribution in [2.24, 2.45) is 18.9 Å². The van der Waals surface area contributed by atoms with Crippen LogP contribution in [-0.4, -0.2) is 26.4 Å². The molecular formula is C22H30N4OS. The Hall–Kier alpha value is -1.82. The second-order valence-electron chi connectivity index (χ2n) is 8.24. The zero-order valence-corrected chi connectivity index (χ0v) is 17.5. The molecule has 4 rings (SSSR count). The van der Waals surface area contributed by atoms with E-state index in [1.807, 2.05) is 37.0 Å². The molecule has 0 bridgehead atoms. The van der Waals surface area contributed by atoms with Crippen LogP contribution in [0, 0.1) is 11.8 Å². The summed E-state index contributed by atoms with van der Waals surface area (Å²) in [5, 5.41) is 13.1. The van der Waals surface area contributed by atoms with Crippen LogP contribution < -0.4 is 5.32 Å². The van der Waals surface area contributed by atoms with Gasteiger partial charge in [-0.15, -0.1) is 10.2 Å². The monoisotopic (exact) mass is 398 g/mol. The summed E-state index contributed by atoms with van der Waals surface area (Å²) >= 11 is 1.81. The van der Waals surface area contributed by atoms with Gasteiger partial charge in [0.05, 0.1) is 6.04 Å². The molecule has 2 aliphatic rings. The minimum Gasteiger partial charge on any atom is -0.345 e. The fourth-order valence-electron chi connectivity index (χ4n) is 3.99. The Kier molecular flexibility index (Phi) is 6.35. The Bertz CT molecular complexity index is 781. The van der Waals surface area contributed by atoms with Crippen molar-refractivity contribution in [3.63, 3.8) is 0 Å². The number of benzene rings is 1. The number of hydrogen-bond donors (Lipinski definition) is 1. The van der Waals surface area contributed by atoms with Crippen LogP contribution in [0.5, 0.6) is 0 Å². The lowest BCUT2D eigenvalue weighted by Crippen LogP contribution is -2.32. The first-order valence-electron chi connectivity index (χ1n) is 10.6. The molecule has 1 aromatic heterocycles. The van der Waals surface area contributed by atoms with E-state index in [0.717, 1.165) is 41.9 Å². The maximum Gasteiger partial charge on any atom is 0.223 e. The summed E-state index contributed by atoms with van der Waals surface area (Å²) in [4.78, 5) is 12.5. The number of carbonyl (C=O) groups is 1. The molecule has 0 aliphatic heterocycles. The number of carbonyl (C=O) groups excluding carboxylic acids is 1. The molecule has 1 atom stereocenters. The number of hydrogen-bond acceptors (Lipinski definition) is 4. The van der Waals surface area contributed by atoms with E-state index in [1.165, 1.54) is 37.7 Å². The number of thioether (sulfide) groups is 1. The van der Waals surface area contributed by atoms with Crippen LogP contribution in [-0.2, 0) is 18.3 Å². The van der Waals surface area contributed by atoms with E-state index >= 15 is 0 Å². The first kappa shape index (κ1) is 19.5. The average molecular weight is 399 g/mol. The standard InChI is InChI=1S/C22H30N4OS/c1-26-20(24-25-22(26)28-15-17-10-6-3-7-11-17)19(23-21(27)18-12-13-18)14-16-8-4-2-5-9-16/h2,4-5,8-9,17-19H,3,6-7,10-15H2,1H3,(H,23,27). The summed E-state index contributed by atoms with van der Waals surface area (Å²) in [6, 6.07) is 10.2. The first-order chi connectivity index (χ1) is 13.7. The third-order valence-electron chi connectivity index (χ3n) is 5.90. The van der Waals surface area contributed by atoms with Gasteiger partial charge in [0.1, 0.15) is 0 Å². The Morgan fingerprint density at radius 1 is 1.14 bits per heavy atom. The van der Waals surface area contributed by atoms with Crippen LogP contribution in [0.2, 0.25) is 0 Å². The summed E-state index contributed by atoms with van der Waals surface area (Å²) in [7, 11) is 2.03. The van der Waals surface area contributed by atoms with Gasteiger partial charge in [-0.1, -0.05) is 61.4 Å². The van der Waals surface area contributed by atoms with E-state index in [1.54, 1.807) is 0 Å². The van der Waals surface area contributed by atoms with E-state index in [2.05, 4.69) is 32.2 Å². The van der Waals surface area contributed by atoms with Crippen molar-refractivity contribution in [1.29, 1.82) is 0 Å². The fourth-order valence-corrected chi connectivity index (χ4v) is 5.10. The maximum atomic E-state index is 12.5. The largest absolute Gasteiger partial charge is 0.345 e. The van der Waals surface area contributed by atoms with E-state index in [9.17, 15) is 4.79 Å². The molecular weight excluding hydrogens is 368 g/mol. The second kappa shape index (κ2) is 9.12. The molecule has 0 radical (unpaired) electrons. The molecule has 2 fully saturated rings. The van der Waals surface area contributed by atoms with Gasteiger partial charge in [0, 0.05) is 18.7 Å². The van der Waals surface area contributed by atoms with Gasteiger partial charge in [0.15, 0.2) is 11.0 Å². The van der Waals surface area contributed by atoms with Crippen LogP contribution in [0.4, 0.5) is 0 Å². The minimum atomic E-state index is -0.142. The van der Waals surface area contributed by atoms with Crippen molar-refractivity contribution in [2.75, 3.05) is 5.75 Å². The van der Waals surface area contributed by atoms with E-state index < -0.39 is 0 Å². The molecule has 150 valence electrons. The Balaban J connectivity index is 1.46. The molecule has 1 N–H and O–H groups in total. The maximum absolute atomic E-state index is 12.5. The highest BCUT2D eigenvalue weighted by Gasteiger charge is 2.32. The lowest BCUT2D eigenvalue weighted by atomic mass is 9.91. The Morgan fingerprint density at radius 3 is 2.61 bits per heavy atom. The highest BCUT2D eigenvalue weighted by atomic mass is 32.2. The molecule has 1 heterocycles. The number of nitrogens with zero attached hydrogens (tertiary/aromatic N) is 3. The summed E-state index contributed by atoms with van der Waals surface area (Å²) in [5.41, 5.74) is 1.20. The van der Waals surface area contributed by atoms with E-state index in [4.69, 9.17) is 0 Å². The van der Waals surface area contributed by atoms with Crippen molar-refractivity contribution in [3.8, 4) is 0 Å². The highest BCUT2D eigenvalue weighted by molar-refractivity contribution is 7.99. The van der Waals surface area contributed by atoms with Gasteiger partial charge in [0.2, 0.25) is 5.91 Å². The summed E-state index contributed by atoms with van der Waals surface area (Å²) in [5.74, 6) is 3.11. The van der Waals surface area contributed by atoms with Crippen molar-refractivity contribution in [2.45, 2.75) is 62.6 Å². The van der Waals surface area contributed by atoms with Gasteiger partial charge in [-0.2, -0.15) is 0 Å². The molecule has 5 nitrogen and oxygen atoms in total. The predicted octanol–water partition coefficient (Wildman–Crippen LogP) is 4.30. The zero-order valence-electron chi connectivity index (χ0n) is 16.6. The van der Waals surface area contributed by atoms with Gasteiger partial charge < -0.3 is 9.88 Å². The molecule has 2 aliphatic carbocycles. The Morgan fingerprint density at radius 2 is 1.89 bits per heavy atom. The lowest BCUT2D eigenvalue weighted by Gasteiger charge is -2.21. The topological polar surface area (TPSA) is 59.8 Å². The van der Waals surface area contributed by atoms with Crippen molar-refractivity contribution < 1.29 is 4.79 Å². The number of amides is 1. The summed E-state index contributed by atoms with van der Waals surface area (Å²) < 4.78 is 2.08. The molecule has 0 saturated heterocycles. The number of rotatable bonds is 8. The quantitative estimate of drug-likeness (QED) is 0.674. The van der Waals surface area contributed by atoms with Gasteiger partial charge >= 0.3 is 0 Å². The smallest absolute Gasteiger partial charge is 0.223 e. The summed E-state index contributed by atoms with van der Waals surface area (Å²) in [6.45, 7) is 0. The molecule has 2 saturated carbocycles.